The first-order chi connectivity index (χ1) is 16.0. The van der Waals surface area contributed by atoms with Crippen molar-refractivity contribution in [3.8, 4) is 11.5 Å². The van der Waals surface area contributed by atoms with E-state index in [1.165, 1.54) is 19.1 Å². The van der Waals surface area contributed by atoms with Gasteiger partial charge in [-0.3, -0.25) is 9.59 Å². The lowest BCUT2D eigenvalue weighted by Crippen LogP contribution is -2.32. The van der Waals surface area contributed by atoms with Crippen molar-refractivity contribution in [1.29, 1.82) is 0 Å². The van der Waals surface area contributed by atoms with Crippen LogP contribution >= 0.6 is 0 Å². The van der Waals surface area contributed by atoms with Crippen LogP contribution < -0.4 is 9.47 Å². The molecule has 1 amide bonds. The van der Waals surface area contributed by atoms with Gasteiger partial charge in [-0.25, -0.2) is 4.79 Å². The molecule has 2 heterocycles. The SMILES string of the molecule is COCCN1C(=O)C(=O)C(=C(O)c2ccc3c(c2)OCCO3)[C@@H]1c1ccc(C(=O)OC)cc1. The van der Waals surface area contributed by atoms with E-state index in [2.05, 4.69) is 0 Å². The molecular formula is C24H23NO8. The topological polar surface area (TPSA) is 112 Å². The minimum absolute atomic E-state index is 0.0569. The number of fused-ring (bicyclic) bond motifs is 1. The molecule has 9 heteroatoms. The summed E-state index contributed by atoms with van der Waals surface area (Å²) in [5.74, 6) is -1.40. The van der Waals surface area contributed by atoms with Crippen LogP contribution in [0.25, 0.3) is 5.76 Å². The fourth-order valence-corrected chi connectivity index (χ4v) is 3.91. The third kappa shape index (κ3) is 4.14. The maximum atomic E-state index is 13.0. The van der Waals surface area contributed by atoms with Crippen LogP contribution in [0.1, 0.15) is 27.5 Å². The molecule has 0 saturated carbocycles. The van der Waals surface area contributed by atoms with Gasteiger partial charge in [-0.1, -0.05) is 12.1 Å². The molecule has 1 saturated heterocycles. The minimum Gasteiger partial charge on any atom is -0.507 e. The van der Waals surface area contributed by atoms with Crippen LogP contribution in [-0.4, -0.2) is 68.3 Å². The summed E-state index contributed by atoms with van der Waals surface area (Å²) in [5.41, 5.74) is 1.14. The number of hydrogen-bond donors (Lipinski definition) is 1. The van der Waals surface area contributed by atoms with Crippen molar-refractivity contribution in [2.75, 3.05) is 40.6 Å². The first-order valence-corrected chi connectivity index (χ1v) is 10.3. The molecule has 2 aromatic rings. The number of likely N-dealkylation sites (tertiary alicyclic amines) is 1. The van der Waals surface area contributed by atoms with Gasteiger partial charge in [0.25, 0.3) is 11.7 Å². The molecule has 4 rings (SSSR count). The van der Waals surface area contributed by atoms with Crippen LogP contribution in [0.4, 0.5) is 0 Å². The standard InChI is InChI=1S/C24H23NO8/c1-30-10-9-25-20(14-3-5-15(6-4-14)24(29)31-2)19(22(27)23(25)28)21(26)16-7-8-17-18(13-16)33-12-11-32-17/h3-8,13,20,26H,9-12H2,1-2H3/t20-/m0/s1. The van der Waals surface area contributed by atoms with Gasteiger partial charge in [-0.05, 0) is 35.9 Å². The molecule has 0 aliphatic carbocycles. The molecule has 2 aliphatic heterocycles. The predicted octanol–water partition coefficient (Wildman–Crippen LogP) is 2.31. The van der Waals surface area contributed by atoms with E-state index >= 15 is 0 Å². The van der Waals surface area contributed by atoms with Crippen molar-refractivity contribution in [3.05, 3.63) is 64.7 Å². The zero-order chi connectivity index (χ0) is 23.5. The Bertz CT molecular complexity index is 1120. The summed E-state index contributed by atoms with van der Waals surface area (Å²) in [5, 5.41) is 11.1. The molecule has 33 heavy (non-hydrogen) atoms. The monoisotopic (exact) mass is 453 g/mol. The van der Waals surface area contributed by atoms with Crippen molar-refractivity contribution in [3.63, 3.8) is 0 Å². The second-order valence-electron chi connectivity index (χ2n) is 7.46. The fourth-order valence-electron chi connectivity index (χ4n) is 3.91. The smallest absolute Gasteiger partial charge is 0.337 e. The van der Waals surface area contributed by atoms with Crippen LogP contribution in [0.3, 0.4) is 0 Å². The average molecular weight is 453 g/mol. The Morgan fingerprint density at radius 2 is 1.70 bits per heavy atom. The Morgan fingerprint density at radius 1 is 1.03 bits per heavy atom. The van der Waals surface area contributed by atoms with Crippen molar-refractivity contribution in [1.82, 2.24) is 4.90 Å². The highest BCUT2D eigenvalue weighted by atomic mass is 16.6. The molecule has 1 N–H and O–H groups in total. The van der Waals surface area contributed by atoms with Crippen molar-refractivity contribution >= 4 is 23.4 Å². The number of methoxy groups -OCH3 is 2. The Kier molecular flexibility index (Phi) is 6.32. The van der Waals surface area contributed by atoms with Gasteiger partial charge < -0.3 is 29.0 Å². The third-order valence-corrected chi connectivity index (χ3v) is 5.54. The number of benzene rings is 2. The number of carbonyl (C=O) groups is 3. The maximum Gasteiger partial charge on any atom is 0.337 e. The highest BCUT2D eigenvalue weighted by molar-refractivity contribution is 6.46. The van der Waals surface area contributed by atoms with E-state index in [1.54, 1.807) is 42.5 Å². The Morgan fingerprint density at radius 3 is 2.36 bits per heavy atom. The van der Waals surface area contributed by atoms with Gasteiger partial charge in [-0.15, -0.1) is 0 Å². The van der Waals surface area contributed by atoms with Gasteiger partial charge in [0, 0.05) is 19.2 Å². The molecule has 0 radical (unpaired) electrons. The molecule has 9 nitrogen and oxygen atoms in total. The number of hydrogen-bond acceptors (Lipinski definition) is 8. The van der Waals surface area contributed by atoms with E-state index in [0.717, 1.165) is 0 Å². The number of ketones is 1. The molecule has 2 aromatic carbocycles. The summed E-state index contributed by atoms with van der Waals surface area (Å²) in [6, 6.07) is 10.3. The average Bonchev–Trinajstić information content (AvgIpc) is 3.11. The number of aliphatic hydroxyl groups excluding tert-OH is 1. The first kappa shape index (κ1) is 22.3. The molecule has 0 bridgehead atoms. The zero-order valence-corrected chi connectivity index (χ0v) is 18.2. The van der Waals surface area contributed by atoms with Crippen LogP contribution in [0.5, 0.6) is 11.5 Å². The van der Waals surface area contributed by atoms with Gasteiger partial charge in [0.1, 0.15) is 19.0 Å². The van der Waals surface area contributed by atoms with E-state index in [1.807, 2.05) is 0 Å². The Labute approximate surface area is 190 Å². The molecule has 172 valence electrons. The van der Waals surface area contributed by atoms with Crippen molar-refractivity contribution in [2.24, 2.45) is 0 Å². The molecule has 0 aromatic heterocycles. The quantitative estimate of drug-likeness (QED) is 0.307. The van der Waals surface area contributed by atoms with Crippen LogP contribution in [0, 0.1) is 0 Å². The molecular weight excluding hydrogens is 430 g/mol. The minimum atomic E-state index is -0.861. The molecule has 0 unspecified atom stereocenters. The van der Waals surface area contributed by atoms with Crippen LogP contribution in [0.15, 0.2) is 48.0 Å². The number of aliphatic hydroxyl groups is 1. The molecule has 0 spiro atoms. The predicted molar refractivity (Wildman–Crippen MR) is 116 cm³/mol. The van der Waals surface area contributed by atoms with Gasteiger partial charge in [0.05, 0.1) is 30.9 Å². The normalized spacial score (nSPS) is 19.0. The number of Topliss-reactive ketones (excluding diaryl/α,β-unsaturated/α-hetero) is 1. The lowest BCUT2D eigenvalue weighted by atomic mass is 9.94. The Hall–Kier alpha value is -3.85. The summed E-state index contributed by atoms with van der Waals surface area (Å²) in [6.07, 6.45) is 0. The summed E-state index contributed by atoms with van der Waals surface area (Å²) in [4.78, 5) is 39.0. The number of amides is 1. The van der Waals surface area contributed by atoms with E-state index < -0.39 is 23.7 Å². The third-order valence-electron chi connectivity index (χ3n) is 5.54. The van der Waals surface area contributed by atoms with E-state index in [0.29, 0.717) is 41.4 Å². The van der Waals surface area contributed by atoms with Crippen LogP contribution in [-0.2, 0) is 19.1 Å². The van der Waals surface area contributed by atoms with Gasteiger partial charge in [0.2, 0.25) is 0 Å². The number of nitrogens with zero attached hydrogens (tertiary/aromatic N) is 1. The van der Waals surface area contributed by atoms with Gasteiger partial charge >= 0.3 is 5.97 Å². The molecule has 1 fully saturated rings. The molecule has 1 atom stereocenters. The fraction of sp³-hybridized carbons (Fsp3) is 0.292. The second kappa shape index (κ2) is 9.33. The summed E-state index contributed by atoms with van der Waals surface area (Å²) in [7, 11) is 2.77. The van der Waals surface area contributed by atoms with E-state index in [-0.39, 0.29) is 24.5 Å². The molecule has 2 aliphatic rings. The summed E-state index contributed by atoms with van der Waals surface area (Å²) >= 11 is 0. The number of carbonyl (C=O) groups excluding carboxylic acids is 3. The van der Waals surface area contributed by atoms with Crippen molar-refractivity contribution < 1.29 is 38.4 Å². The second-order valence-corrected chi connectivity index (χ2v) is 7.46. The van der Waals surface area contributed by atoms with E-state index in [4.69, 9.17) is 18.9 Å². The summed E-state index contributed by atoms with van der Waals surface area (Å²) < 4.78 is 20.9. The zero-order valence-electron chi connectivity index (χ0n) is 18.2. The highest BCUT2D eigenvalue weighted by Gasteiger charge is 2.46. The highest BCUT2D eigenvalue weighted by Crippen LogP contribution is 2.41. The summed E-state index contributed by atoms with van der Waals surface area (Å²) in [6.45, 7) is 1.13. The number of ether oxygens (including phenoxy) is 4. The number of rotatable bonds is 6. The maximum absolute atomic E-state index is 13.0. The van der Waals surface area contributed by atoms with Gasteiger partial charge in [-0.2, -0.15) is 0 Å². The van der Waals surface area contributed by atoms with Crippen LogP contribution in [0.2, 0.25) is 0 Å². The first-order valence-electron chi connectivity index (χ1n) is 10.3. The lowest BCUT2D eigenvalue weighted by Gasteiger charge is -2.25. The Balaban J connectivity index is 1.80. The van der Waals surface area contributed by atoms with E-state index in [9.17, 15) is 19.5 Å². The lowest BCUT2D eigenvalue weighted by molar-refractivity contribution is -0.140. The largest absolute Gasteiger partial charge is 0.507 e. The van der Waals surface area contributed by atoms with Gasteiger partial charge in [0.15, 0.2) is 11.5 Å². The number of esters is 1. The van der Waals surface area contributed by atoms with Crippen molar-refractivity contribution in [2.45, 2.75) is 6.04 Å².